The SMILES string of the molecule is [2H][C@H]1CC[C@@H](C(=O)O)N1. The summed E-state index contributed by atoms with van der Waals surface area (Å²) in [4.78, 5) is 10.2. The summed E-state index contributed by atoms with van der Waals surface area (Å²) >= 11 is 0. The Hall–Kier alpha value is -0.570. The van der Waals surface area contributed by atoms with Gasteiger partial charge in [-0.25, -0.2) is 0 Å². The van der Waals surface area contributed by atoms with Gasteiger partial charge < -0.3 is 10.4 Å². The maximum absolute atomic E-state index is 10.2. The fourth-order valence-corrected chi connectivity index (χ4v) is 0.754. The number of rotatable bonds is 1. The van der Waals surface area contributed by atoms with E-state index in [1.54, 1.807) is 0 Å². The smallest absolute Gasteiger partial charge is 0.320 e. The number of hydrogen-bond donors (Lipinski definition) is 2. The van der Waals surface area contributed by atoms with Crippen LogP contribution in [0.3, 0.4) is 0 Å². The molecule has 0 aromatic rings. The fourth-order valence-electron chi connectivity index (χ4n) is 0.754. The Morgan fingerprint density at radius 3 is 3.00 bits per heavy atom. The lowest BCUT2D eigenvalue weighted by Gasteiger charge is -1.99. The molecule has 1 saturated heterocycles. The molecule has 1 aliphatic rings. The van der Waals surface area contributed by atoms with Crippen LogP contribution < -0.4 is 5.32 Å². The third-order valence-electron chi connectivity index (χ3n) is 1.22. The van der Waals surface area contributed by atoms with Crippen LogP contribution in [0.2, 0.25) is 0 Å². The predicted octanol–water partition coefficient (Wildman–Crippen LogP) is -0.177. The number of hydrogen-bond acceptors (Lipinski definition) is 2. The maximum Gasteiger partial charge on any atom is 0.320 e. The van der Waals surface area contributed by atoms with E-state index >= 15 is 0 Å². The second-order valence-corrected chi connectivity index (χ2v) is 1.84. The molecule has 0 radical (unpaired) electrons. The molecule has 0 unspecified atom stereocenters. The highest BCUT2D eigenvalue weighted by atomic mass is 16.4. The number of aliphatic carboxylic acids is 1. The van der Waals surface area contributed by atoms with Gasteiger partial charge in [-0.2, -0.15) is 0 Å². The van der Waals surface area contributed by atoms with Crippen LogP contribution in [0.5, 0.6) is 0 Å². The van der Waals surface area contributed by atoms with Gasteiger partial charge in [0.1, 0.15) is 6.04 Å². The molecule has 46 valence electrons. The highest BCUT2D eigenvalue weighted by Crippen LogP contribution is 2.03. The van der Waals surface area contributed by atoms with Crippen molar-refractivity contribution in [1.29, 1.82) is 0 Å². The third kappa shape index (κ3) is 0.980. The van der Waals surface area contributed by atoms with Crippen molar-refractivity contribution in [3.05, 3.63) is 0 Å². The summed E-state index contributed by atoms with van der Waals surface area (Å²) in [6.07, 6.45) is 1.24. The standard InChI is InChI=1S/C5H9NO2/c7-5(8)4-2-1-3-6-4/h4,6H,1-3H2,(H,7,8)/t4-/m0/s1/i3D/t3-,4-. The molecule has 0 saturated carbocycles. The van der Waals surface area contributed by atoms with Crippen molar-refractivity contribution >= 4 is 5.97 Å². The summed E-state index contributed by atoms with van der Waals surface area (Å²) in [5.74, 6) is -0.843. The first-order chi connectivity index (χ1) is 4.20. The van der Waals surface area contributed by atoms with Gasteiger partial charge in [-0.15, -0.1) is 0 Å². The van der Waals surface area contributed by atoms with E-state index in [-0.39, 0.29) is 6.52 Å². The zero-order valence-corrected chi connectivity index (χ0v) is 4.42. The molecular weight excluding hydrogens is 106 g/mol. The Bertz CT molecular complexity index is 128. The second kappa shape index (κ2) is 2.13. The lowest BCUT2D eigenvalue weighted by atomic mass is 10.2. The second-order valence-electron chi connectivity index (χ2n) is 1.84. The van der Waals surface area contributed by atoms with Crippen molar-refractivity contribution in [2.75, 3.05) is 6.52 Å². The molecule has 0 bridgehead atoms. The maximum atomic E-state index is 10.2. The van der Waals surface area contributed by atoms with Crippen LogP contribution in [0.4, 0.5) is 0 Å². The van der Waals surface area contributed by atoms with Crippen molar-refractivity contribution in [2.24, 2.45) is 0 Å². The van der Waals surface area contributed by atoms with Crippen molar-refractivity contribution in [3.63, 3.8) is 0 Å². The summed E-state index contributed by atoms with van der Waals surface area (Å²) in [6, 6.07) is -0.479. The van der Waals surface area contributed by atoms with E-state index < -0.39 is 12.0 Å². The zero-order valence-electron chi connectivity index (χ0n) is 5.42. The number of carboxylic acid groups (broad SMARTS) is 1. The molecule has 8 heavy (non-hydrogen) atoms. The summed E-state index contributed by atoms with van der Waals surface area (Å²) < 4.78 is 7.08. The van der Waals surface area contributed by atoms with Gasteiger partial charge in [0.15, 0.2) is 0 Å². The van der Waals surface area contributed by atoms with E-state index in [4.69, 9.17) is 6.48 Å². The van der Waals surface area contributed by atoms with Crippen molar-refractivity contribution < 1.29 is 11.3 Å². The molecule has 0 aliphatic carbocycles. The van der Waals surface area contributed by atoms with Crippen LogP contribution in [0.15, 0.2) is 0 Å². The molecule has 1 rings (SSSR count). The van der Waals surface area contributed by atoms with Crippen molar-refractivity contribution in [2.45, 2.75) is 18.9 Å². The van der Waals surface area contributed by atoms with E-state index in [2.05, 4.69) is 5.32 Å². The summed E-state index contributed by atoms with van der Waals surface area (Å²) in [5.41, 5.74) is 0. The monoisotopic (exact) mass is 116 g/mol. The van der Waals surface area contributed by atoms with E-state index in [1.807, 2.05) is 0 Å². The van der Waals surface area contributed by atoms with E-state index in [9.17, 15) is 4.79 Å². The Labute approximate surface area is 49.1 Å². The van der Waals surface area contributed by atoms with E-state index in [1.165, 1.54) is 0 Å². The minimum atomic E-state index is -0.843. The quantitative estimate of drug-likeness (QED) is 0.499. The number of carbonyl (C=O) groups is 1. The molecule has 3 heteroatoms. The van der Waals surface area contributed by atoms with Gasteiger partial charge in [-0.05, 0) is 19.4 Å². The summed E-state index contributed by atoms with van der Waals surface area (Å²) in [7, 11) is 0. The average Bonchev–Trinajstić information content (AvgIpc) is 2.14. The first-order valence-electron chi connectivity index (χ1n) is 3.19. The fraction of sp³-hybridized carbons (Fsp3) is 0.800. The summed E-state index contributed by atoms with van der Waals surface area (Å²) in [5, 5.41) is 11.0. The van der Waals surface area contributed by atoms with Gasteiger partial charge in [-0.1, -0.05) is 0 Å². The minimum Gasteiger partial charge on any atom is -0.480 e. The topological polar surface area (TPSA) is 49.3 Å². The summed E-state index contributed by atoms with van der Waals surface area (Å²) in [6.45, 7) is -0.369. The third-order valence-corrected chi connectivity index (χ3v) is 1.22. The molecule has 0 aromatic heterocycles. The molecule has 1 aliphatic heterocycles. The van der Waals surface area contributed by atoms with Gasteiger partial charge in [0.2, 0.25) is 0 Å². The molecule has 0 spiro atoms. The van der Waals surface area contributed by atoms with Crippen LogP contribution in [-0.4, -0.2) is 23.6 Å². The Morgan fingerprint density at radius 1 is 2.00 bits per heavy atom. The van der Waals surface area contributed by atoms with Gasteiger partial charge in [0.05, 0.1) is 0 Å². The molecule has 2 N–H and O–H groups in total. The van der Waals surface area contributed by atoms with E-state index in [0.29, 0.717) is 12.8 Å². The van der Waals surface area contributed by atoms with Crippen LogP contribution >= 0.6 is 0 Å². The van der Waals surface area contributed by atoms with Gasteiger partial charge in [-0.3, -0.25) is 4.79 Å². The lowest BCUT2D eigenvalue weighted by molar-refractivity contribution is -0.139. The molecule has 0 aromatic carbocycles. The van der Waals surface area contributed by atoms with Gasteiger partial charge in [0.25, 0.3) is 0 Å². The average molecular weight is 116 g/mol. The number of carboxylic acids is 1. The Balaban J connectivity index is 2.39. The minimum absolute atomic E-state index is 0.369. The molecule has 1 heterocycles. The van der Waals surface area contributed by atoms with Crippen molar-refractivity contribution in [1.82, 2.24) is 5.32 Å². The molecule has 0 amide bonds. The van der Waals surface area contributed by atoms with Crippen LogP contribution in [0.25, 0.3) is 0 Å². The number of nitrogens with one attached hydrogen (secondary N) is 1. The van der Waals surface area contributed by atoms with Gasteiger partial charge in [0, 0.05) is 1.37 Å². The first-order valence-corrected chi connectivity index (χ1v) is 2.61. The first kappa shape index (κ1) is 4.32. The normalized spacial score (nSPS) is 39.2. The molecule has 1 fully saturated rings. The largest absolute Gasteiger partial charge is 0.480 e. The molecular formula is C5H9NO2. The van der Waals surface area contributed by atoms with Crippen molar-refractivity contribution in [3.8, 4) is 0 Å². The Kier molecular flexibility index (Phi) is 1.15. The molecule has 3 nitrogen and oxygen atoms in total. The highest BCUT2D eigenvalue weighted by Gasteiger charge is 2.20. The van der Waals surface area contributed by atoms with Crippen LogP contribution in [0.1, 0.15) is 14.2 Å². The van der Waals surface area contributed by atoms with Crippen LogP contribution in [-0.2, 0) is 4.79 Å². The highest BCUT2D eigenvalue weighted by molar-refractivity contribution is 5.73. The van der Waals surface area contributed by atoms with E-state index in [0.717, 1.165) is 0 Å². The van der Waals surface area contributed by atoms with Crippen LogP contribution in [0, 0.1) is 0 Å². The lowest BCUT2D eigenvalue weighted by Crippen LogP contribution is -2.29. The Morgan fingerprint density at radius 2 is 2.75 bits per heavy atom. The predicted molar refractivity (Wildman–Crippen MR) is 28.7 cm³/mol. The molecule has 2 atom stereocenters. The van der Waals surface area contributed by atoms with Gasteiger partial charge >= 0.3 is 5.97 Å². The zero-order chi connectivity index (χ0) is 6.85.